The van der Waals surface area contributed by atoms with E-state index >= 15 is 0 Å². The van der Waals surface area contributed by atoms with Gasteiger partial charge in [0.05, 0.1) is 12.5 Å². The summed E-state index contributed by atoms with van der Waals surface area (Å²) in [5.74, 6) is -0.359. The summed E-state index contributed by atoms with van der Waals surface area (Å²) in [6.45, 7) is 2.51. The van der Waals surface area contributed by atoms with Crippen LogP contribution in [0.2, 0.25) is 0 Å². The molecule has 1 saturated carbocycles. The van der Waals surface area contributed by atoms with Crippen molar-refractivity contribution in [2.75, 3.05) is 6.61 Å². The molecule has 1 aromatic carbocycles. The molecule has 0 unspecified atom stereocenters. The van der Waals surface area contributed by atoms with Gasteiger partial charge in [0.2, 0.25) is 0 Å². The molecule has 1 amide bonds. The number of hydrogen-bond donors (Lipinski definition) is 2. The Labute approximate surface area is 124 Å². The number of nitrogens with one attached hydrogen (secondary N) is 1. The lowest BCUT2D eigenvalue weighted by Crippen LogP contribution is -2.38. The van der Waals surface area contributed by atoms with Crippen LogP contribution in [0.25, 0.3) is 0 Å². The summed E-state index contributed by atoms with van der Waals surface area (Å²) in [6, 6.07) is 7.10. The molecule has 114 valence electrons. The molecule has 5 heteroatoms. The fourth-order valence-electron chi connectivity index (χ4n) is 2.62. The highest BCUT2D eigenvalue weighted by atomic mass is 16.5. The average Bonchev–Trinajstić information content (AvgIpc) is 2.49. The average molecular weight is 291 g/mol. The van der Waals surface area contributed by atoms with Crippen molar-refractivity contribution in [2.24, 2.45) is 5.92 Å². The molecule has 1 aromatic rings. The first-order valence-electron chi connectivity index (χ1n) is 7.36. The van der Waals surface area contributed by atoms with E-state index in [1.807, 2.05) is 6.92 Å². The molecule has 0 aliphatic heterocycles. The van der Waals surface area contributed by atoms with E-state index in [9.17, 15) is 9.59 Å². The highest BCUT2D eigenvalue weighted by Crippen LogP contribution is 2.24. The number of carboxylic acids is 1. The van der Waals surface area contributed by atoms with Gasteiger partial charge in [0.25, 0.3) is 5.91 Å². The molecule has 0 radical (unpaired) electrons. The summed E-state index contributed by atoms with van der Waals surface area (Å²) in [4.78, 5) is 23.0. The Morgan fingerprint density at radius 2 is 1.81 bits per heavy atom. The third-order valence-electron chi connectivity index (χ3n) is 3.84. The summed E-state index contributed by atoms with van der Waals surface area (Å²) in [5, 5.41) is 11.9. The maximum absolute atomic E-state index is 12.1. The summed E-state index contributed by atoms with van der Waals surface area (Å²) in [7, 11) is 0. The molecule has 0 heterocycles. The van der Waals surface area contributed by atoms with Gasteiger partial charge in [-0.15, -0.1) is 0 Å². The van der Waals surface area contributed by atoms with E-state index < -0.39 is 5.97 Å². The Morgan fingerprint density at radius 1 is 1.19 bits per heavy atom. The Balaban J connectivity index is 1.86. The summed E-state index contributed by atoms with van der Waals surface area (Å²) in [5.41, 5.74) is 0.596. The Hall–Kier alpha value is -2.04. The van der Waals surface area contributed by atoms with Gasteiger partial charge in [0.15, 0.2) is 0 Å². The van der Waals surface area contributed by atoms with Crippen molar-refractivity contribution in [3.05, 3.63) is 29.8 Å². The number of hydrogen-bond acceptors (Lipinski definition) is 3. The van der Waals surface area contributed by atoms with Gasteiger partial charge < -0.3 is 15.2 Å². The van der Waals surface area contributed by atoms with E-state index in [0.29, 0.717) is 25.0 Å². The lowest BCUT2D eigenvalue weighted by Gasteiger charge is -2.26. The number of amides is 1. The van der Waals surface area contributed by atoms with Crippen LogP contribution >= 0.6 is 0 Å². The molecule has 0 bridgehead atoms. The maximum Gasteiger partial charge on any atom is 0.306 e. The molecule has 5 nitrogen and oxygen atoms in total. The molecule has 21 heavy (non-hydrogen) atoms. The molecule has 0 saturated heterocycles. The predicted molar refractivity (Wildman–Crippen MR) is 78.5 cm³/mol. The second kappa shape index (κ2) is 7.11. The SMILES string of the molecule is CCOc1ccc(C(=O)NC2CCC(C(=O)O)CC2)cc1. The van der Waals surface area contributed by atoms with Crippen LogP contribution < -0.4 is 10.1 Å². The van der Waals surface area contributed by atoms with Gasteiger partial charge in [-0.2, -0.15) is 0 Å². The van der Waals surface area contributed by atoms with Crippen molar-refractivity contribution in [3.63, 3.8) is 0 Å². The first kappa shape index (κ1) is 15.4. The van der Waals surface area contributed by atoms with Crippen LogP contribution in [0.5, 0.6) is 5.75 Å². The normalized spacial score (nSPS) is 21.6. The third kappa shape index (κ3) is 4.21. The van der Waals surface area contributed by atoms with E-state index in [1.165, 1.54) is 0 Å². The third-order valence-corrected chi connectivity index (χ3v) is 3.84. The molecule has 2 rings (SSSR count). The minimum atomic E-state index is -0.730. The lowest BCUT2D eigenvalue weighted by atomic mass is 9.86. The largest absolute Gasteiger partial charge is 0.494 e. The zero-order chi connectivity index (χ0) is 15.2. The second-order valence-electron chi connectivity index (χ2n) is 5.32. The maximum atomic E-state index is 12.1. The number of rotatable bonds is 5. The first-order chi connectivity index (χ1) is 10.1. The number of aliphatic carboxylic acids is 1. The van der Waals surface area contributed by atoms with Gasteiger partial charge in [-0.3, -0.25) is 9.59 Å². The molecule has 1 aliphatic carbocycles. The highest BCUT2D eigenvalue weighted by molar-refractivity contribution is 5.94. The standard InChI is InChI=1S/C16H21NO4/c1-2-21-14-9-5-11(6-10-14)15(18)17-13-7-3-12(4-8-13)16(19)20/h5-6,9-10,12-13H,2-4,7-8H2,1H3,(H,17,18)(H,19,20). The van der Waals surface area contributed by atoms with Crippen LogP contribution in [-0.4, -0.2) is 29.6 Å². The summed E-state index contributed by atoms with van der Waals surface area (Å²) in [6.07, 6.45) is 2.70. The predicted octanol–water partition coefficient (Wildman–Crippen LogP) is 2.46. The van der Waals surface area contributed by atoms with E-state index in [-0.39, 0.29) is 17.9 Å². The van der Waals surface area contributed by atoms with Crippen LogP contribution in [0.1, 0.15) is 43.0 Å². The molecule has 1 fully saturated rings. The molecule has 0 aromatic heterocycles. The van der Waals surface area contributed by atoms with Gasteiger partial charge in [0.1, 0.15) is 5.75 Å². The number of carbonyl (C=O) groups is 2. The highest BCUT2D eigenvalue weighted by Gasteiger charge is 2.26. The van der Waals surface area contributed by atoms with Crippen LogP contribution in [0.15, 0.2) is 24.3 Å². The fourth-order valence-corrected chi connectivity index (χ4v) is 2.62. The Morgan fingerprint density at radius 3 is 2.33 bits per heavy atom. The van der Waals surface area contributed by atoms with Crippen molar-refractivity contribution >= 4 is 11.9 Å². The quantitative estimate of drug-likeness (QED) is 0.873. The Bertz CT molecular complexity index is 490. The van der Waals surface area contributed by atoms with Crippen LogP contribution in [0.3, 0.4) is 0 Å². The Kier molecular flexibility index (Phi) is 5.20. The van der Waals surface area contributed by atoms with Crippen LogP contribution in [-0.2, 0) is 4.79 Å². The number of ether oxygens (including phenoxy) is 1. The number of carboxylic acid groups (broad SMARTS) is 1. The first-order valence-corrected chi connectivity index (χ1v) is 7.36. The van der Waals surface area contributed by atoms with Gasteiger partial charge in [-0.05, 0) is 56.9 Å². The second-order valence-corrected chi connectivity index (χ2v) is 5.32. The van der Waals surface area contributed by atoms with Crippen molar-refractivity contribution in [3.8, 4) is 5.75 Å². The summed E-state index contributed by atoms with van der Waals surface area (Å²) >= 11 is 0. The van der Waals surface area contributed by atoms with Crippen LogP contribution in [0.4, 0.5) is 0 Å². The monoisotopic (exact) mass is 291 g/mol. The fraction of sp³-hybridized carbons (Fsp3) is 0.500. The molecule has 0 spiro atoms. The van der Waals surface area contributed by atoms with Crippen molar-refractivity contribution in [1.82, 2.24) is 5.32 Å². The molecule has 1 aliphatic rings. The number of carbonyl (C=O) groups excluding carboxylic acids is 1. The van der Waals surface area contributed by atoms with E-state index in [2.05, 4.69) is 5.32 Å². The van der Waals surface area contributed by atoms with Crippen molar-refractivity contribution < 1.29 is 19.4 Å². The molecular formula is C16H21NO4. The smallest absolute Gasteiger partial charge is 0.306 e. The lowest BCUT2D eigenvalue weighted by molar-refractivity contribution is -0.142. The van der Waals surface area contributed by atoms with Gasteiger partial charge in [0, 0.05) is 11.6 Å². The van der Waals surface area contributed by atoms with E-state index in [4.69, 9.17) is 9.84 Å². The number of benzene rings is 1. The minimum absolute atomic E-state index is 0.0691. The van der Waals surface area contributed by atoms with Gasteiger partial charge in [-0.25, -0.2) is 0 Å². The molecular weight excluding hydrogens is 270 g/mol. The topological polar surface area (TPSA) is 75.6 Å². The van der Waals surface area contributed by atoms with E-state index in [1.54, 1.807) is 24.3 Å². The molecule has 2 N–H and O–H groups in total. The van der Waals surface area contributed by atoms with Crippen molar-refractivity contribution in [2.45, 2.75) is 38.6 Å². The van der Waals surface area contributed by atoms with Gasteiger partial charge >= 0.3 is 5.97 Å². The molecule has 0 atom stereocenters. The minimum Gasteiger partial charge on any atom is -0.494 e. The van der Waals surface area contributed by atoms with Crippen LogP contribution in [0, 0.1) is 5.92 Å². The zero-order valence-corrected chi connectivity index (χ0v) is 12.2. The van der Waals surface area contributed by atoms with Crippen molar-refractivity contribution in [1.29, 1.82) is 0 Å². The summed E-state index contributed by atoms with van der Waals surface area (Å²) < 4.78 is 5.34. The zero-order valence-electron chi connectivity index (χ0n) is 12.2. The van der Waals surface area contributed by atoms with E-state index in [0.717, 1.165) is 18.6 Å². The van der Waals surface area contributed by atoms with Gasteiger partial charge in [-0.1, -0.05) is 0 Å².